The predicted molar refractivity (Wildman–Crippen MR) is 152 cm³/mol. The maximum Gasteiger partial charge on any atom is 0.151 e. The Hall–Kier alpha value is -3.08. The first-order chi connectivity index (χ1) is 16.8. The summed E-state index contributed by atoms with van der Waals surface area (Å²) in [7, 11) is 0. The summed E-state index contributed by atoms with van der Waals surface area (Å²) in [5.41, 5.74) is 8.51. The number of nitrogens with zero attached hydrogens (tertiary/aromatic N) is 5. The van der Waals surface area contributed by atoms with Crippen LogP contribution in [0.2, 0.25) is 0 Å². The van der Waals surface area contributed by atoms with E-state index in [-0.39, 0.29) is 0 Å². The topological polar surface area (TPSA) is 37.2 Å². The molecule has 0 fully saturated rings. The van der Waals surface area contributed by atoms with Crippen LogP contribution in [0.5, 0.6) is 0 Å². The second-order valence-corrected chi connectivity index (χ2v) is 9.74. The van der Waals surface area contributed by atoms with Crippen LogP contribution in [0, 0.1) is 27.7 Å². The summed E-state index contributed by atoms with van der Waals surface area (Å²) in [6.07, 6.45) is 2.17. The Bertz CT molecular complexity index is 1320. The van der Waals surface area contributed by atoms with Crippen molar-refractivity contribution in [1.29, 1.82) is 0 Å². The molecule has 0 bridgehead atoms. The third-order valence-corrected chi connectivity index (χ3v) is 6.96. The Balaban J connectivity index is 2.18. The average Bonchev–Trinajstić information content (AvgIpc) is 3.12. The van der Waals surface area contributed by atoms with Crippen LogP contribution in [0.25, 0.3) is 27.6 Å². The largest absolute Gasteiger partial charge is 0.372 e. The van der Waals surface area contributed by atoms with Crippen LogP contribution < -0.4 is 9.80 Å². The van der Waals surface area contributed by atoms with Gasteiger partial charge in [-0.25, -0.2) is 9.97 Å². The lowest BCUT2D eigenvalue weighted by molar-refractivity contribution is 0.734. The summed E-state index contributed by atoms with van der Waals surface area (Å²) >= 11 is 0. The van der Waals surface area contributed by atoms with Gasteiger partial charge >= 0.3 is 0 Å². The molecule has 5 nitrogen and oxygen atoms in total. The van der Waals surface area contributed by atoms with Crippen LogP contribution in [0.3, 0.4) is 0 Å². The van der Waals surface area contributed by atoms with Crippen molar-refractivity contribution in [2.75, 3.05) is 36.0 Å². The molecule has 0 amide bonds. The quantitative estimate of drug-likeness (QED) is 0.257. The van der Waals surface area contributed by atoms with Crippen LogP contribution in [-0.2, 0) is 0 Å². The lowest BCUT2D eigenvalue weighted by Crippen LogP contribution is -2.26. The minimum Gasteiger partial charge on any atom is -0.372 e. The number of rotatable bonds is 9. The van der Waals surface area contributed by atoms with Gasteiger partial charge in [0.2, 0.25) is 0 Å². The van der Waals surface area contributed by atoms with Gasteiger partial charge < -0.3 is 9.80 Å². The van der Waals surface area contributed by atoms with Gasteiger partial charge in [0, 0.05) is 37.3 Å². The fraction of sp³-hybridized carbons (Fsp3) is 0.467. The molecule has 0 atom stereocenters. The molecule has 0 unspecified atom stereocenters. The summed E-state index contributed by atoms with van der Waals surface area (Å²) in [5, 5.41) is 2.40. The zero-order valence-electron chi connectivity index (χ0n) is 22.9. The molecule has 0 aliphatic heterocycles. The van der Waals surface area contributed by atoms with E-state index >= 15 is 0 Å². The van der Waals surface area contributed by atoms with E-state index in [1.54, 1.807) is 0 Å². The highest BCUT2D eigenvalue weighted by Crippen LogP contribution is 2.39. The van der Waals surface area contributed by atoms with Crippen LogP contribution >= 0.6 is 0 Å². The molecule has 2 aromatic heterocycles. The highest BCUT2D eigenvalue weighted by molar-refractivity contribution is 6.14. The molecule has 0 saturated carbocycles. The Kier molecular flexibility index (Phi) is 7.34. The molecule has 0 spiro atoms. The minimum absolute atomic E-state index is 0.820. The van der Waals surface area contributed by atoms with Crippen molar-refractivity contribution in [2.45, 2.75) is 68.2 Å². The van der Waals surface area contributed by atoms with Gasteiger partial charge in [-0.3, -0.25) is 4.57 Å². The molecular weight excluding hydrogens is 430 g/mol. The van der Waals surface area contributed by atoms with Crippen LogP contribution in [-0.4, -0.2) is 40.7 Å². The number of benzene rings is 2. The molecule has 2 heterocycles. The Morgan fingerprint density at radius 3 is 1.97 bits per heavy atom. The molecule has 0 saturated heterocycles. The van der Waals surface area contributed by atoms with Crippen molar-refractivity contribution in [3.63, 3.8) is 0 Å². The first-order valence-electron chi connectivity index (χ1n) is 13.2. The number of fused-ring (bicyclic) bond motifs is 3. The zero-order valence-corrected chi connectivity index (χ0v) is 22.9. The monoisotopic (exact) mass is 471 g/mol. The molecule has 5 heteroatoms. The van der Waals surface area contributed by atoms with Gasteiger partial charge in [-0.1, -0.05) is 31.5 Å². The molecule has 186 valence electrons. The van der Waals surface area contributed by atoms with E-state index < -0.39 is 0 Å². The van der Waals surface area contributed by atoms with E-state index in [0.717, 1.165) is 56.3 Å². The Morgan fingerprint density at radius 2 is 1.40 bits per heavy atom. The first-order valence-corrected chi connectivity index (χ1v) is 13.2. The van der Waals surface area contributed by atoms with Crippen molar-refractivity contribution < 1.29 is 0 Å². The van der Waals surface area contributed by atoms with E-state index in [0.29, 0.717) is 0 Å². The van der Waals surface area contributed by atoms with Crippen LogP contribution in [0.15, 0.2) is 30.3 Å². The average molecular weight is 472 g/mol. The van der Waals surface area contributed by atoms with Crippen molar-refractivity contribution in [3.05, 3.63) is 52.8 Å². The van der Waals surface area contributed by atoms with Gasteiger partial charge in [0.1, 0.15) is 11.6 Å². The van der Waals surface area contributed by atoms with Crippen molar-refractivity contribution in [3.8, 4) is 5.69 Å². The molecule has 0 radical (unpaired) electrons. The van der Waals surface area contributed by atoms with E-state index in [1.807, 2.05) is 6.92 Å². The fourth-order valence-electron chi connectivity index (χ4n) is 5.61. The molecule has 0 aliphatic carbocycles. The fourth-order valence-corrected chi connectivity index (χ4v) is 5.61. The van der Waals surface area contributed by atoms with E-state index in [9.17, 15) is 0 Å². The third kappa shape index (κ3) is 4.49. The molecule has 2 aromatic carbocycles. The lowest BCUT2D eigenvalue weighted by atomic mass is 10.0. The second kappa shape index (κ2) is 10.3. The molecule has 4 aromatic rings. The van der Waals surface area contributed by atoms with Gasteiger partial charge in [0.05, 0.1) is 16.6 Å². The molecule has 0 aliphatic rings. The van der Waals surface area contributed by atoms with Crippen molar-refractivity contribution in [2.24, 2.45) is 0 Å². The smallest absolute Gasteiger partial charge is 0.151 e. The highest BCUT2D eigenvalue weighted by Gasteiger charge is 2.23. The number of hydrogen-bond donors (Lipinski definition) is 0. The summed E-state index contributed by atoms with van der Waals surface area (Å²) < 4.78 is 2.38. The minimum atomic E-state index is 0.820. The van der Waals surface area contributed by atoms with Gasteiger partial charge in [-0.15, -0.1) is 0 Å². The zero-order chi connectivity index (χ0) is 25.3. The van der Waals surface area contributed by atoms with Crippen LogP contribution in [0.4, 0.5) is 11.5 Å². The van der Waals surface area contributed by atoms with Crippen molar-refractivity contribution >= 4 is 33.4 Å². The number of hydrogen-bond acceptors (Lipinski definition) is 4. The summed E-state index contributed by atoms with van der Waals surface area (Å²) in [6.45, 7) is 21.5. The lowest BCUT2D eigenvalue weighted by Gasteiger charge is -2.24. The standard InChI is InChI=1S/C30H41N5/c1-9-15-34(16-10-2)29-27-25-19-24(33(11-3)12-4)13-14-26(25)35(30(27)32-23(8)31-29)28-21(6)17-20(5)18-22(28)7/h13-14,17-19H,9-12,15-16H2,1-8H3. The van der Waals surface area contributed by atoms with Crippen LogP contribution in [0.1, 0.15) is 63.1 Å². The summed E-state index contributed by atoms with van der Waals surface area (Å²) in [6, 6.07) is 11.5. The molecular formula is C30H41N5. The first kappa shape index (κ1) is 25.0. The second-order valence-electron chi connectivity index (χ2n) is 9.74. The molecule has 4 rings (SSSR count). The van der Waals surface area contributed by atoms with Crippen molar-refractivity contribution in [1.82, 2.24) is 14.5 Å². The Labute approximate surface area is 210 Å². The predicted octanol–water partition coefficient (Wildman–Crippen LogP) is 7.28. The maximum absolute atomic E-state index is 5.08. The van der Waals surface area contributed by atoms with E-state index in [4.69, 9.17) is 9.97 Å². The summed E-state index contributed by atoms with van der Waals surface area (Å²) in [4.78, 5) is 15.0. The maximum atomic E-state index is 5.08. The number of aryl methyl sites for hydroxylation is 4. The van der Waals surface area contributed by atoms with E-state index in [1.165, 1.54) is 44.4 Å². The molecule has 35 heavy (non-hydrogen) atoms. The third-order valence-electron chi connectivity index (χ3n) is 6.96. The number of anilines is 2. The normalized spacial score (nSPS) is 11.5. The number of aromatic nitrogens is 3. The Morgan fingerprint density at radius 1 is 0.771 bits per heavy atom. The van der Waals surface area contributed by atoms with E-state index in [2.05, 4.69) is 93.2 Å². The SMILES string of the molecule is CCCN(CCC)c1nc(C)nc2c1c1cc(N(CC)CC)ccc1n2-c1c(C)cc(C)cc1C. The highest BCUT2D eigenvalue weighted by atomic mass is 15.2. The molecule has 0 N–H and O–H groups in total. The summed E-state index contributed by atoms with van der Waals surface area (Å²) in [5.74, 6) is 1.89. The van der Waals surface area contributed by atoms with Gasteiger partial charge in [-0.2, -0.15) is 0 Å². The van der Waals surface area contributed by atoms with Gasteiger partial charge in [0.25, 0.3) is 0 Å². The van der Waals surface area contributed by atoms with Gasteiger partial charge in [-0.05, 0) is 83.7 Å². The van der Waals surface area contributed by atoms with Gasteiger partial charge in [0.15, 0.2) is 5.65 Å².